The highest BCUT2D eigenvalue weighted by molar-refractivity contribution is 5.85. The van der Waals surface area contributed by atoms with Crippen LogP contribution < -0.4 is 0 Å². The van der Waals surface area contributed by atoms with Gasteiger partial charge in [-0.1, -0.05) is 30.3 Å². The molecule has 4 rings (SSSR count). The van der Waals surface area contributed by atoms with Gasteiger partial charge >= 0.3 is 5.97 Å². The summed E-state index contributed by atoms with van der Waals surface area (Å²) in [5, 5.41) is 14.0. The smallest absolute Gasteiger partial charge is 0.308 e. The van der Waals surface area contributed by atoms with Gasteiger partial charge in [0.15, 0.2) is 0 Å². The molecule has 2 fully saturated rings. The van der Waals surface area contributed by atoms with E-state index in [1.165, 1.54) is 0 Å². The molecule has 148 valence electrons. The molecule has 0 radical (unpaired) electrons. The molecule has 2 aromatic rings. The molecule has 28 heavy (non-hydrogen) atoms. The van der Waals surface area contributed by atoms with Crippen molar-refractivity contribution in [2.75, 3.05) is 26.2 Å². The maximum absolute atomic E-state index is 13.1. The molecular weight excluding hydrogens is 356 g/mol. The normalized spacial score (nSPS) is 23.8. The number of hydrogen-bond acceptors (Lipinski definition) is 4. The van der Waals surface area contributed by atoms with Crippen molar-refractivity contribution in [3.8, 4) is 0 Å². The van der Waals surface area contributed by atoms with Crippen molar-refractivity contribution in [3.05, 3.63) is 54.4 Å². The average Bonchev–Trinajstić information content (AvgIpc) is 3.39. The molecule has 2 aliphatic heterocycles. The second-order valence-electron chi connectivity index (χ2n) is 7.77. The van der Waals surface area contributed by atoms with Crippen molar-refractivity contribution in [3.63, 3.8) is 0 Å². The third-order valence-corrected chi connectivity index (χ3v) is 5.95. The number of aromatic nitrogens is 2. The maximum atomic E-state index is 13.1. The van der Waals surface area contributed by atoms with Gasteiger partial charge in [0.2, 0.25) is 5.91 Å². The third-order valence-electron chi connectivity index (χ3n) is 5.95. The van der Waals surface area contributed by atoms with E-state index >= 15 is 0 Å². The first kappa shape index (κ1) is 18.7. The summed E-state index contributed by atoms with van der Waals surface area (Å²) in [4.78, 5) is 28.9. The molecule has 2 atom stereocenters. The van der Waals surface area contributed by atoms with Gasteiger partial charge in [-0.2, -0.15) is 5.10 Å². The van der Waals surface area contributed by atoms with E-state index < -0.39 is 17.8 Å². The van der Waals surface area contributed by atoms with E-state index in [0.717, 1.165) is 18.4 Å². The van der Waals surface area contributed by atoms with Crippen molar-refractivity contribution in [1.82, 2.24) is 19.6 Å². The number of benzene rings is 1. The summed E-state index contributed by atoms with van der Waals surface area (Å²) in [6.45, 7) is 2.92. The Balaban J connectivity index is 1.39. The second-order valence-corrected chi connectivity index (χ2v) is 7.77. The van der Waals surface area contributed by atoms with Crippen molar-refractivity contribution >= 4 is 11.9 Å². The van der Waals surface area contributed by atoms with E-state index in [1.807, 2.05) is 52.2 Å². The Kier molecular flexibility index (Phi) is 5.43. The number of carboxylic acid groups (broad SMARTS) is 1. The molecule has 3 heterocycles. The average molecular weight is 382 g/mol. The van der Waals surface area contributed by atoms with Crippen LogP contribution in [0, 0.1) is 11.8 Å². The molecule has 0 aliphatic carbocycles. The molecule has 2 unspecified atom stereocenters. The van der Waals surface area contributed by atoms with Gasteiger partial charge in [-0.3, -0.25) is 19.2 Å². The Hall–Kier alpha value is -2.67. The molecule has 7 heteroatoms. The second kappa shape index (κ2) is 8.14. The minimum Gasteiger partial charge on any atom is -0.481 e. The van der Waals surface area contributed by atoms with Crippen LogP contribution in [-0.2, 0) is 16.1 Å². The van der Waals surface area contributed by atoms with Crippen molar-refractivity contribution in [2.45, 2.75) is 25.4 Å². The Bertz CT molecular complexity index is 800. The van der Waals surface area contributed by atoms with Gasteiger partial charge in [0, 0.05) is 45.1 Å². The van der Waals surface area contributed by atoms with Crippen LogP contribution in [0.1, 0.15) is 24.4 Å². The zero-order chi connectivity index (χ0) is 19.5. The largest absolute Gasteiger partial charge is 0.481 e. The number of amides is 1. The predicted molar refractivity (Wildman–Crippen MR) is 103 cm³/mol. The number of nitrogens with zero attached hydrogens (tertiary/aromatic N) is 4. The number of piperidine rings is 1. The number of rotatable bonds is 5. The quantitative estimate of drug-likeness (QED) is 0.854. The van der Waals surface area contributed by atoms with E-state index in [0.29, 0.717) is 38.8 Å². The SMILES string of the molecule is O=C(O)C1CN(Cc2ccccc2)CC1C(=O)N1CCC(n2cccn2)CC1. The van der Waals surface area contributed by atoms with Crippen LogP contribution in [0.4, 0.5) is 0 Å². The number of carboxylic acids is 1. The van der Waals surface area contributed by atoms with Gasteiger partial charge in [0.05, 0.1) is 17.9 Å². The Labute approximate surface area is 164 Å². The predicted octanol–water partition coefficient (Wildman–Crippen LogP) is 1.88. The fourth-order valence-corrected chi connectivity index (χ4v) is 4.44. The van der Waals surface area contributed by atoms with Crippen LogP contribution in [0.25, 0.3) is 0 Å². The molecule has 1 amide bonds. The fourth-order valence-electron chi connectivity index (χ4n) is 4.44. The molecule has 0 bridgehead atoms. The van der Waals surface area contributed by atoms with Crippen LogP contribution in [0.5, 0.6) is 0 Å². The fraction of sp³-hybridized carbons (Fsp3) is 0.476. The first-order valence-corrected chi connectivity index (χ1v) is 9.89. The van der Waals surface area contributed by atoms with E-state index in [9.17, 15) is 14.7 Å². The molecule has 1 N–H and O–H groups in total. The highest BCUT2D eigenvalue weighted by Crippen LogP contribution is 2.29. The van der Waals surface area contributed by atoms with Gasteiger partial charge < -0.3 is 10.0 Å². The molecule has 1 aromatic heterocycles. The number of likely N-dealkylation sites (tertiary alicyclic amines) is 2. The summed E-state index contributed by atoms with van der Waals surface area (Å²) in [7, 11) is 0. The van der Waals surface area contributed by atoms with Gasteiger partial charge in [0.1, 0.15) is 0 Å². The van der Waals surface area contributed by atoms with Crippen LogP contribution in [0.15, 0.2) is 48.8 Å². The zero-order valence-corrected chi connectivity index (χ0v) is 15.9. The maximum Gasteiger partial charge on any atom is 0.308 e. The molecule has 2 saturated heterocycles. The van der Waals surface area contributed by atoms with Crippen molar-refractivity contribution in [2.24, 2.45) is 11.8 Å². The van der Waals surface area contributed by atoms with E-state index in [4.69, 9.17) is 0 Å². The highest BCUT2D eigenvalue weighted by atomic mass is 16.4. The molecule has 0 spiro atoms. The molecular formula is C21H26N4O3. The Morgan fingerprint density at radius 1 is 1.04 bits per heavy atom. The monoisotopic (exact) mass is 382 g/mol. The molecule has 1 aromatic carbocycles. The first-order valence-electron chi connectivity index (χ1n) is 9.89. The summed E-state index contributed by atoms with van der Waals surface area (Å²) in [6.07, 6.45) is 5.44. The number of carbonyl (C=O) groups excluding carboxylic acids is 1. The Morgan fingerprint density at radius 2 is 1.75 bits per heavy atom. The number of carbonyl (C=O) groups is 2. The zero-order valence-electron chi connectivity index (χ0n) is 15.9. The number of aliphatic carboxylic acids is 1. The number of hydrogen-bond donors (Lipinski definition) is 1. The van der Waals surface area contributed by atoms with Gasteiger partial charge in [-0.15, -0.1) is 0 Å². The first-order chi connectivity index (χ1) is 13.6. The van der Waals surface area contributed by atoms with Crippen LogP contribution >= 0.6 is 0 Å². The third kappa shape index (κ3) is 3.94. The minimum atomic E-state index is -0.875. The van der Waals surface area contributed by atoms with Gasteiger partial charge in [-0.05, 0) is 24.5 Å². The summed E-state index contributed by atoms with van der Waals surface area (Å²) >= 11 is 0. The van der Waals surface area contributed by atoms with E-state index in [1.54, 1.807) is 6.20 Å². The Morgan fingerprint density at radius 3 is 2.39 bits per heavy atom. The van der Waals surface area contributed by atoms with Crippen molar-refractivity contribution in [1.29, 1.82) is 0 Å². The van der Waals surface area contributed by atoms with E-state index in [2.05, 4.69) is 10.00 Å². The lowest BCUT2D eigenvalue weighted by molar-refractivity contribution is -0.148. The summed E-state index contributed by atoms with van der Waals surface area (Å²) in [5.74, 6) is -2.00. The lowest BCUT2D eigenvalue weighted by Crippen LogP contribution is -2.45. The summed E-state index contributed by atoms with van der Waals surface area (Å²) in [5.41, 5.74) is 1.14. The lowest BCUT2D eigenvalue weighted by Gasteiger charge is -2.34. The summed E-state index contributed by atoms with van der Waals surface area (Å²) in [6, 6.07) is 12.2. The molecule has 7 nitrogen and oxygen atoms in total. The molecule has 2 aliphatic rings. The minimum absolute atomic E-state index is 0.0122. The summed E-state index contributed by atoms with van der Waals surface area (Å²) < 4.78 is 1.96. The topological polar surface area (TPSA) is 78.7 Å². The lowest BCUT2D eigenvalue weighted by atomic mass is 9.93. The van der Waals surface area contributed by atoms with Crippen LogP contribution in [-0.4, -0.2) is 62.7 Å². The van der Waals surface area contributed by atoms with Gasteiger partial charge in [0.25, 0.3) is 0 Å². The van der Waals surface area contributed by atoms with Crippen molar-refractivity contribution < 1.29 is 14.7 Å². The van der Waals surface area contributed by atoms with Gasteiger partial charge in [-0.25, -0.2) is 0 Å². The highest BCUT2D eigenvalue weighted by Gasteiger charge is 2.43. The standard InChI is InChI=1S/C21H26N4O3/c26-20(24-11-7-17(8-12-24)25-10-4-9-22-25)18-14-23(15-19(18)21(27)28)13-16-5-2-1-3-6-16/h1-6,9-10,17-19H,7-8,11-15H2,(H,27,28). The van der Waals surface area contributed by atoms with E-state index in [-0.39, 0.29) is 5.91 Å². The molecule has 0 saturated carbocycles. The van der Waals surface area contributed by atoms with Crippen LogP contribution in [0.2, 0.25) is 0 Å². The van der Waals surface area contributed by atoms with Crippen LogP contribution in [0.3, 0.4) is 0 Å².